The van der Waals surface area contributed by atoms with Crippen molar-refractivity contribution in [3.63, 3.8) is 0 Å². The molecule has 35 heteroatoms. The lowest BCUT2D eigenvalue weighted by molar-refractivity contribution is -0.154. The standard InChI is InChI=1S/C38H56N2O9.C27H38O8.C25H39O9P.C24H32O6/c1-2-3-5-10-29(48-38(46)40-20-16-28(17-21-40)39-18-6-4-7-19-39)12-13-30-31-22-26-9-8-11-33(47-25-36(43)44)32(26)23-27(31)24-34(30)49-37(45)15-14-35(41)42;1-2-3-4-7-19(28)9-10-20-21-13-17-6-5-8-23(34-16-26(31)32)22(17)14-18(21)15-24(20)35-27(33)12-11-25(29)30;1-2-3-4-7-19(32-11-12-34-35(29,30)31)9-10-20-21-13-17-6-5-8-24(33-16-25(27)28)22(17)14-18(21)15-23(20)26;1-2-3-4-7-17-9-10-18-19-11-15-6-5-8-21(28-14-23(25)26)20(15)12-16(19)13-22(18)30-24(27)29-17/h8-9,11,27-31,34H,2-7,10,12-25H2,1H3,(H,41,42)(H,43,44);5-6,8,18-21,24,28H,2-4,7,9-16H2,1H3,(H,29,30)(H,31,32);5-6,8,18-21,23,26H,2-4,7,9-16H2,1H3,(H,27,28)(H2,29,30,31);5-6,8,16-19,22H,2-4,7,9-14H2,1H3,(H,25,26)/t27-,29-,30+,31-,34+;18-,19-,20+,21-,24+;18-,19-,20+,21-,23+;16-,17-,18+,19-,22+/m0000/s1. The number of carboxylic acids is 6. The van der Waals surface area contributed by atoms with Gasteiger partial charge in [-0.05, 0) is 346 Å². The number of cyclic esters (lactones) is 1. The van der Waals surface area contributed by atoms with Gasteiger partial charge in [-0.3, -0.25) is 23.7 Å². The van der Waals surface area contributed by atoms with Crippen LogP contribution in [-0.2, 0) is 127 Å². The van der Waals surface area contributed by atoms with E-state index in [0.29, 0.717) is 97.2 Å². The lowest BCUT2D eigenvalue weighted by Gasteiger charge is -2.40. The van der Waals surface area contributed by atoms with E-state index in [9.17, 15) is 67.8 Å². The number of rotatable bonds is 52. The fourth-order valence-electron chi connectivity index (χ4n) is 26.1. The molecule has 828 valence electrons. The molecule has 4 aromatic rings. The maximum Gasteiger partial charge on any atom is 0.508 e. The van der Waals surface area contributed by atoms with Crippen molar-refractivity contribution in [2.75, 3.05) is 65.8 Å². The molecular formula is C114H165N2O32P. The molecule has 10 N–H and O–H groups in total. The highest BCUT2D eigenvalue weighted by atomic mass is 31.2. The molecule has 0 bridgehead atoms. The monoisotopic (exact) mass is 2110 g/mol. The minimum Gasteiger partial charge on any atom is -0.482 e. The van der Waals surface area contributed by atoms with E-state index in [0.717, 1.165) is 252 Å². The average molecular weight is 2110 g/mol. The molecule has 149 heavy (non-hydrogen) atoms. The summed E-state index contributed by atoms with van der Waals surface area (Å²) < 4.78 is 73.0. The third kappa shape index (κ3) is 36.2. The van der Waals surface area contributed by atoms with E-state index in [2.05, 4.69) is 55.3 Å². The van der Waals surface area contributed by atoms with Gasteiger partial charge in [0.2, 0.25) is 0 Å². The lowest BCUT2D eigenvalue weighted by Crippen LogP contribution is -2.48. The number of esters is 2. The summed E-state index contributed by atoms with van der Waals surface area (Å²) in [6.45, 7) is 10.8. The Labute approximate surface area is 876 Å². The molecule has 0 radical (unpaired) electrons. The molecule has 34 nitrogen and oxygen atoms in total. The smallest absolute Gasteiger partial charge is 0.482 e. The minimum atomic E-state index is -4.50. The second kappa shape index (κ2) is 59.5. The zero-order valence-electron chi connectivity index (χ0n) is 87.7. The first-order valence-electron chi connectivity index (χ1n) is 55.6. The highest BCUT2D eigenvalue weighted by Gasteiger charge is 2.53. The summed E-state index contributed by atoms with van der Waals surface area (Å²) in [5.74, 6) is -1.44. The van der Waals surface area contributed by atoms with Gasteiger partial charge in [-0.2, -0.15) is 0 Å². The Kier molecular flexibility index (Phi) is 47.1. The number of hydrogen-bond acceptors (Lipinski definition) is 25. The number of nitrogens with zero attached hydrogens (tertiary/aromatic N) is 2. The maximum atomic E-state index is 13.5. The normalized spacial score (nSPS) is 25.5. The number of carboxylic acid groups (broad SMARTS) is 6. The maximum absolute atomic E-state index is 13.5. The van der Waals surface area contributed by atoms with Crippen molar-refractivity contribution in [1.82, 2.24) is 9.80 Å². The second-order valence-corrected chi connectivity index (χ2v) is 44.6. The van der Waals surface area contributed by atoms with Crippen LogP contribution in [0.3, 0.4) is 0 Å². The first-order chi connectivity index (χ1) is 71.7. The predicted molar refractivity (Wildman–Crippen MR) is 550 cm³/mol. The molecule has 3 heterocycles. The topological polar surface area (TPSA) is 498 Å². The number of phosphoric ester groups is 1. The molecule has 4 aromatic carbocycles. The molecule has 8 aliphatic carbocycles. The van der Waals surface area contributed by atoms with Gasteiger partial charge in [0.1, 0.15) is 53.5 Å². The summed E-state index contributed by atoms with van der Waals surface area (Å²) in [7, 11) is -4.50. The van der Waals surface area contributed by atoms with Gasteiger partial charge >= 0.3 is 67.8 Å². The van der Waals surface area contributed by atoms with Crippen LogP contribution in [0.2, 0.25) is 0 Å². The van der Waals surface area contributed by atoms with E-state index in [-0.39, 0.29) is 142 Å². The number of aliphatic carboxylic acids is 6. The molecule has 4 saturated carbocycles. The molecule has 0 spiro atoms. The molecule has 0 unspecified atom stereocenters. The van der Waals surface area contributed by atoms with Gasteiger partial charge in [0.05, 0.1) is 57.2 Å². The summed E-state index contributed by atoms with van der Waals surface area (Å²) in [5, 5.41) is 75.5. The summed E-state index contributed by atoms with van der Waals surface area (Å²) in [5.41, 5.74) is 8.86. The van der Waals surface area contributed by atoms with Gasteiger partial charge in [-0.25, -0.2) is 33.3 Å². The van der Waals surface area contributed by atoms with Crippen LogP contribution in [0.4, 0.5) is 9.59 Å². The van der Waals surface area contributed by atoms with E-state index in [1.807, 2.05) is 53.4 Å². The Morgan fingerprint density at radius 1 is 0.416 bits per heavy atom. The van der Waals surface area contributed by atoms with E-state index >= 15 is 0 Å². The van der Waals surface area contributed by atoms with Crippen LogP contribution >= 0.6 is 7.82 Å². The number of likely N-dealkylation sites (tertiary alicyclic amines) is 2. The minimum absolute atomic E-state index is 0.0307. The lowest BCUT2D eigenvalue weighted by atomic mass is 9.73. The molecule has 0 aromatic heterocycles. The van der Waals surface area contributed by atoms with Crippen LogP contribution in [0.15, 0.2) is 72.8 Å². The summed E-state index contributed by atoms with van der Waals surface area (Å²) in [6.07, 6.45) is 34.2. The van der Waals surface area contributed by atoms with E-state index < -0.39 is 81.1 Å². The molecule has 11 aliphatic rings. The first kappa shape index (κ1) is 118. The quantitative estimate of drug-likeness (QED) is 0.00849. The fourth-order valence-corrected chi connectivity index (χ4v) is 26.4. The van der Waals surface area contributed by atoms with Crippen LogP contribution in [0.5, 0.6) is 23.0 Å². The fraction of sp³-hybridized carbons (Fsp3) is 0.702. The highest BCUT2D eigenvalue weighted by Crippen LogP contribution is 2.55. The van der Waals surface area contributed by atoms with Gasteiger partial charge in [-0.1, -0.05) is 147 Å². The number of amides is 1. The number of carbonyl (C=O) groups excluding carboxylic acids is 4. The number of aliphatic hydroxyl groups is 2. The number of hydrogen-bond donors (Lipinski definition) is 10. The third-order valence-corrected chi connectivity index (χ3v) is 33.8. The van der Waals surface area contributed by atoms with E-state index in [1.54, 1.807) is 6.07 Å². The molecular weight excluding hydrogens is 1940 g/mol. The van der Waals surface area contributed by atoms with Crippen LogP contribution in [0.25, 0.3) is 0 Å². The summed E-state index contributed by atoms with van der Waals surface area (Å²) in [4.78, 5) is 139. The SMILES string of the molecule is CCCCC[C@@H](CC[C@@H]1[C@H]2Cc3cccc(OCC(=O)O)c3C[C@H]2C[C@H]1O)OCCOP(=O)(O)O.CCCCC[C@@H](CC[C@@H]1[C@H]2Cc3cccc(OCC(=O)O)c3C[C@H]2C[C@H]1OC(=O)CCC(=O)O)OC(=O)N1CCC(N2CCCCC2)CC1.CCCCC[C@H](O)CC[C@@H]1[C@H]2Cc3cccc(OCC(=O)O)c3C[C@H]2C[C@H]1OC(=O)CCC(=O)O.CCCCC[C@H]1CC[C@@H]2[C@H]3Cc4cccc(OCC(=O)O)c4C[C@H]3C[C@H]2OC(=O)O1. The Morgan fingerprint density at radius 2 is 0.832 bits per heavy atom. The van der Waals surface area contributed by atoms with E-state index in [1.165, 1.54) is 43.5 Å². The van der Waals surface area contributed by atoms with Crippen molar-refractivity contribution >= 4 is 67.8 Å². The molecule has 15 rings (SSSR count). The number of phosphoric acid groups is 1. The molecule has 3 saturated heterocycles. The van der Waals surface area contributed by atoms with Gasteiger partial charge in [0.15, 0.2) is 26.4 Å². The summed E-state index contributed by atoms with van der Waals surface area (Å²) >= 11 is 0. The molecule has 20 atom stereocenters. The molecule has 3 aliphatic heterocycles. The van der Waals surface area contributed by atoms with Crippen LogP contribution < -0.4 is 18.9 Å². The Morgan fingerprint density at radius 3 is 1.29 bits per heavy atom. The Balaban J connectivity index is 0.000000179. The van der Waals surface area contributed by atoms with Crippen LogP contribution in [-0.4, -0.2) is 241 Å². The van der Waals surface area contributed by atoms with Crippen molar-refractivity contribution in [3.05, 3.63) is 117 Å². The van der Waals surface area contributed by atoms with Crippen LogP contribution in [0, 0.1) is 71.0 Å². The van der Waals surface area contributed by atoms with Gasteiger partial charge in [0.25, 0.3) is 0 Å². The molecule has 7 fully saturated rings. The third-order valence-electron chi connectivity index (χ3n) is 33.3. The average Bonchev–Trinajstić information content (AvgIpc) is 1.63. The van der Waals surface area contributed by atoms with Crippen molar-refractivity contribution in [1.29, 1.82) is 0 Å². The van der Waals surface area contributed by atoms with Gasteiger partial charge in [-0.15, -0.1) is 0 Å². The zero-order valence-corrected chi connectivity index (χ0v) is 88.6. The number of piperidine rings is 2. The molecule has 1 amide bonds. The number of fused-ring (bicyclic) bond motifs is 10. The zero-order chi connectivity index (χ0) is 107. The Hall–Kier alpha value is -9.67. The van der Waals surface area contributed by atoms with Crippen molar-refractivity contribution < 1.29 is 155 Å². The van der Waals surface area contributed by atoms with Crippen molar-refractivity contribution in [2.24, 2.45) is 71.0 Å². The summed E-state index contributed by atoms with van der Waals surface area (Å²) in [6, 6.07) is 23.7. The van der Waals surface area contributed by atoms with Crippen LogP contribution in [0.1, 0.15) is 310 Å². The number of aliphatic hydroxyl groups excluding tert-OH is 2. The van der Waals surface area contributed by atoms with Gasteiger partial charge in [0, 0.05) is 19.1 Å². The van der Waals surface area contributed by atoms with Crippen molar-refractivity contribution in [3.8, 4) is 23.0 Å². The number of ether oxygens (including phenoxy) is 10. The number of unbranched alkanes of at least 4 members (excludes halogenated alkanes) is 8. The second-order valence-electron chi connectivity index (χ2n) is 43.4. The Bertz CT molecular complexity index is 5010. The first-order valence-corrected chi connectivity index (χ1v) is 57.1. The number of benzene rings is 4. The van der Waals surface area contributed by atoms with Crippen molar-refractivity contribution in [2.45, 2.75) is 372 Å². The van der Waals surface area contributed by atoms with Gasteiger partial charge < -0.3 is 108 Å². The van der Waals surface area contributed by atoms with E-state index in [4.69, 9.17) is 82.7 Å². The number of carbonyl (C=O) groups is 10. The predicted octanol–water partition coefficient (Wildman–Crippen LogP) is 18.6. The largest absolute Gasteiger partial charge is 0.508 e. The highest BCUT2D eigenvalue weighted by molar-refractivity contribution is 7.46.